The van der Waals surface area contributed by atoms with E-state index in [4.69, 9.17) is 14.0 Å². The Bertz CT molecular complexity index is 1060. The number of aromatic nitrogens is 1. The first kappa shape index (κ1) is 16.8. The SMILES string of the molecule is O=C(c1ccc2c(c1)OCCO2)N1CCc2onc(-c3cccc(F)c3)c2C1. The summed E-state index contributed by atoms with van der Waals surface area (Å²) in [5.41, 5.74) is 2.58. The number of amides is 1. The van der Waals surface area contributed by atoms with Gasteiger partial charge in [0.1, 0.15) is 30.5 Å². The fraction of sp³-hybridized carbons (Fsp3) is 0.238. The lowest BCUT2D eigenvalue weighted by Crippen LogP contribution is -2.35. The molecular formula is C21H17FN2O4. The van der Waals surface area contributed by atoms with Crippen LogP contribution in [-0.4, -0.2) is 35.7 Å². The van der Waals surface area contributed by atoms with Gasteiger partial charge in [0, 0.05) is 29.7 Å². The summed E-state index contributed by atoms with van der Waals surface area (Å²) in [7, 11) is 0. The van der Waals surface area contributed by atoms with E-state index >= 15 is 0 Å². The lowest BCUT2D eigenvalue weighted by atomic mass is 10.0. The molecule has 0 unspecified atom stereocenters. The Kier molecular flexibility index (Phi) is 4.00. The fourth-order valence-electron chi connectivity index (χ4n) is 3.60. The van der Waals surface area contributed by atoms with Gasteiger partial charge in [-0.05, 0) is 30.3 Å². The van der Waals surface area contributed by atoms with Crippen molar-refractivity contribution in [2.45, 2.75) is 13.0 Å². The van der Waals surface area contributed by atoms with E-state index in [1.54, 1.807) is 35.2 Å². The summed E-state index contributed by atoms with van der Waals surface area (Å²) in [6, 6.07) is 11.4. The van der Waals surface area contributed by atoms with Crippen LogP contribution in [0.3, 0.4) is 0 Å². The minimum absolute atomic E-state index is 0.103. The Hall–Kier alpha value is -3.35. The standard InChI is InChI=1S/C21H17FN2O4/c22-15-3-1-2-13(10-15)20-16-12-24(7-6-17(16)28-23-20)21(25)14-4-5-18-19(11-14)27-9-8-26-18/h1-5,10-11H,6-9,12H2. The molecule has 2 aromatic carbocycles. The molecule has 142 valence electrons. The van der Waals surface area contributed by atoms with Gasteiger partial charge >= 0.3 is 0 Å². The van der Waals surface area contributed by atoms with Crippen molar-refractivity contribution in [2.75, 3.05) is 19.8 Å². The molecule has 0 aliphatic carbocycles. The van der Waals surface area contributed by atoms with Crippen molar-refractivity contribution in [1.29, 1.82) is 0 Å². The van der Waals surface area contributed by atoms with Gasteiger partial charge in [0.15, 0.2) is 11.5 Å². The third-order valence-electron chi connectivity index (χ3n) is 5.00. The number of carbonyl (C=O) groups is 1. The molecule has 0 bridgehead atoms. The molecule has 0 N–H and O–H groups in total. The van der Waals surface area contributed by atoms with Crippen LogP contribution in [0.5, 0.6) is 11.5 Å². The minimum Gasteiger partial charge on any atom is -0.486 e. The first-order chi connectivity index (χ1) is 13.7. The highest BCUT2D eigenvalue weighted by Gasteiger charge is 2.29. The van der Waals surface area contributed by atoms with Crippen LogP contribution in [0.15, 0.2) is 47.0 Å². The molecular weight excluding hydrogens is 363 g/mol. The molecule has 0 radical (unpaired) electrons. The van der Waals surface area contributed by atoms with Gasteiger partial charge in [-0.3, -0.25) is 4.79 Å². The second kappa shape index (κ2) is 6.67. The summed E-state index contributed by atoms with van der Waals surface area (Å²) in [4.78, 5) is 14.8. The van der Waals surface area contributed by atoms with Crippen LogP contribution in [0.4, 0.5) is 4.39 Å². The molecule has 1 aromatic heterocycles. The average Bonchev–Trinajstić information content (AvgIpc) is 3.16. The Balaban J connectivity index is 1.43. The lowest BCUT2D eigenvalue weighted by molar-refractivity contribution is 0.0728. The zero-order valence-electron chi connectivity index (χ0n) is 15.0. The number of hydrogen-bond donors (Lipinski definition) is 0. The van der Waals surface area contributed by atoms with Crippen LogP contribution in [0.25, 0.3) is 11.3 Å². The van der Waals surface area contributed by atoms with E-state index in [0.29, 0.717) is 61.0 Å². The monoisotopic (exact) mass is 380 g/mol. The van der Waals surface area contributed by atoms with E-state index in [-0.39, 0.29) is 11.7 Å². The van der Waals surface area contributed by atoms with Crippen molar-refractivity contribution < 1.29 is 23.2 Å². The van der Waals surface area contributed by atoms with Crippen molar-refractivity contribution in [3.05, 3.63) is 65.2 Å². The second-order valence-corrected chi connectivity index (χ2v) is 6.78. The Morgan fingerprint density at radius 1 is 1.07 bits per heavy atom. The predicted octanol–water partition coefficient (Wildman–Crippen LogP) is 3.45. The number of rotatable bonds is 2. The van der Waals surface area contributed by atoms with Crippen LogP contribution in [0.1, 0.15) is 21.7 Å². The summed E-state index contributed by atoms with van der Waals surface area (Å²) in [6.45, 7) is 1.86. The maximum Gasteiger partial charge on any atom is 0.254 e. The van der Waals surface area contributed by atoms with Crippen molar-refractivity contribution in [3.8, 4) is 22.8 Å². The maximum absolute atomic E-state index is 13.6. The van der Waals surface area contributed by atoms with Crippen LogP contribution in [0.2, 0.25) is 0 Å². The van der Waals surface area contributed by atoms with Gasteiger partial charge in [0.2, 0.25) is 0 Å². The molecule has 28 heavy (non-hydrogen) atoms. The van der Waals surface area contributed by atoms with E-state index in [1.807, 2.05) is 0 Å². The molecule has 3 heterocycles. The molecule has 6 nitrogen and oxygen atoms in total. The van der Waals surface area contributed by atoms with Crippen LogP contribution in [-0.2, 0) is 13.0 Å². The molecule has 7 heteroatoms. The number of ether oxygens (including phenoxy) is 2. The van der Waals surface area contributed by atoms with E-state index < -0.39 is 0 Å². The molecule has 0 saturated carbocycles. The summed E-state index contributed by atoms with van der Waals surface area (Å²) in [6.07, 6.45) is 0.563. The highest BCUT2D eigenvalue weighted by atomic mass is 19.1. The maximum atomic E-state index is 13.6. The predicted molar refractivity (Wildman–Crippen MR) is 97.8 cm³/mol. The highest BCUT2D eigenvalue weighted by molar-refractivity contribution is 5.95. The molecule has 3 aromatic rings. The first-order valence-corrected chi connectivity index (χ1v) is 9.11. The smallest absolute Gasteiger partial charge is 0.254 e. The van der Waals surface area contributed by atoms with Crippen molar-refractivity contribution in [1.82, 2.24) is 10.1 Å². The number of benzene rings is 2. The summed E-state index contributed by atoms with van der Waals surface area (Å²) < 4.78 is 30.1. The van der Waals surface area contributed by atoms with Gasteiger partial charge in [0.25, 0.3) is 5.91 Å². The Morgan fingerprint density at radius 2 is 1.93 bits per heavy atom. The number of fused-ring (bicyclic) bond motifs is 2. The molecule has 2 aliphatic heterocycles. The minimum atomic E-state index is -0.339. The number of nitrogens with zero attached hydrogens (tertiary/aromatic N) is 2. The van der Waals surface area contributed by atoms with Crippen LogP contribution < -0.4 is 9.47 Å². The highest BCUT2D eigenvalue weighted by Crippen LogP contribution is 2.33. The number of hydrogen-bond acceptors (Lipinski definition) is 5. The quantitative estimate of drug-likeness (QED) is 0.681. The third kappa shape index (κ3) is 2.89. The molecule has 0 fully saturated rings. The third-order valence-corrected chi connectivity index (χ3v) is 5.00. The van der Waals surface area contributed by atoms with Crippen molar-refractivity contribution in [2.24, 2.45) is 0 Å². The van der Waals surface area contributed by atoms with Crippen molar-refractivity contribution in [3.63, 3.8) is 0 Å². The van der Waals surface area contributed by atoms with E-state index in [0.717, 1.165) is 11.3 Å². The summed E-state index contributed by atoms with van der Waals surface area (Å²) >= 11 is 0. The Labute approximate surface area is 160 Å². The van der Waals surface area contributed by atoms with E-state index in [9.17, 15) is 9.18 Å². The fourth-order valence-corrected chi connectivity index (χ4v) is 3.60. The average molecular weight is 380 g/mol. The summed E-state index contributed by atoms with van der Waals surface area (Å²) in [5, 5.41) is 4.12. The number of carbonyl (C=O) groups excluding carboxylic acids is 1. The van der Waals surface area contributed by atoms with Crippen molar-refractivity contribution >= 4 is 5.91 Å². The molecule has 1 amide bonds. The van der Waals surface area contributed by atoms with E-state index in [1.165, 1.54) is 12.1 Å². The summed E-state index contributed by atoms with van der Waals surface area (Å²) in [5.74, 6) is 1.53. The zero-order chi connectivity index (χ0) is 19.1. The van der Waals surface area contributed by atoms with Crippen LogP contribution in [0, 0.1) is 5.82 Å². The number of halogens is 1. The molecule has 5 rings (SSSR count). The second-order valence-electron chi connectivity index (χ2n) is 6.78. The zero-order valence-corrected chi connectivity index (χ0v) is 15.0. The van der Waals surface area contributed by atoms with Gasteiger partial charge < -0.3 is 18.9 Å². The lowest BCUT2D eigenvalue weighted by Gasteiger charge is -2.27. The van der Waals surface area contributed by atoms with E-state index in [2.05, 4.69) is 5.16 Å². The normalized spacial score (nSPS) is 15.2. The first-order valence-electron chi connectivity index (χ1n) is 9.11. The van der Waals surface area contributed by atoms with Crippen LogP contribution >= 0.6 is 0 Å². The Morgan fingerprint density at radius 3 is 2.79 bits per heavy atom. The van der Waals surface area contributed by atoms with Gasteiger partial charge in [-0.2, -0.15) is 0 Å². The van der Waals surface area contributed by atoms with Gasteiger partial charge in [-0.25, -0.2) is 4.39 Å². The van der Waals surface area contributed by atoms with Gasteiger partial charge in [0.05, 0.1) is 6.54 Å². The molecule has 0 atom stereocenters. The van der Waals surface area contributed by atoms with Gasteiger partial charge in [-0.15, -0.1) is 0 Å². The topological polar surface area (TPSA) is 64.8 Å². The molecule has 0 saturated heterocycles. The molecule has 2 aliphatic rings. The largest absolute Gasteiger partial charge is 0.486 e. The van der Waals surface area contributed by atoms with Gasteiger partial charge in [-0.1, -0.05) is 17.3 Å². The molecule has 0 spiro atoms.